The SMILES string of the molecule is COCCOCCCNC(=S)Nc1cc(Cl)cc(Cl)c1. The standard InChI is InChI=1S/C13H18Cl2N2O2S/c1-18-5-6-19-4-2-3-16-13(20)17-12-8-10(14)7-11(15)9-12/h7-9H,2-6H2,1H3,(H2,16,17,20). The molecule has 7 heteroatoms. The highest BCUT2D eigenvalue weighted by molar-refractivity contribution is 7.80. The molecule has 0 spiro atoms. The maximum atomic E-state index is 5.91. The van der Waals surface area contributed by atoms with Gasteiger partial charge in [0.05, 0.1) is 13.2 Å². The first-order valence-corrected chi connectivity index (χ1v) is 7.36. The Morgan fingerprint density at radius 2 is 1.85 bits per heavy atom. The Labute approximate surface area is 134 Å². The van der Waals surface area contributed by atoms with E-state index in [4.69, 9.17) is 44.9 Å². The van der Waals surface area contributed by atoms with Crippen LogP contribution in [0.4, 0.5) is 5.69 Å². The van der Waals surface area contributed by atoms with Crippen LogP contribution in [0.2, 0.25) is 10.0 Å². The number of methoxy groups -OCH3 is 1. The summed E-state index contributed by atoms with van der Waals surface area (Å²) in [7, 11) is 1.65. The van der Waals surface area contributed by atoms with Crippen LogP contribution in [-0.2, 0) is 9.47 Å². The topological polar surface area (TPSA) is 42.5 Å². The molecule has 0 aliphatic heterocycles. The van der Waals surface area contributed by atoms with E-state index in [2.05, 4.69) is 10.6 Å². The van der Waals surface area contributed by atoms with E-state index in [1.54, 1.807) is 25.3 Å². The molecule has 0 aliphatic rings. The lowest BCUT2D eigenvalue weighted by Gasteiger charge is -2.11. The Hall–Kier alpha value is -0.590. The maximum Gasteiger partial charge on any atom is 0.170 e. The molecule has 112 valence electrons. The molecule has 0 fully saturated rings. The van der Waals surface area contributed by atoms with Gasteiger partial charge in [0.15, 0.2) is 5.11 Å². The molecule has 0 atom stereocenters. The van der Waals surface area contributed by atoms with Crippen LogP contribution in [0.5, 0.6) is 0 Å². The minimum atomic E-state index is 0.528. The van der Waals surface area contributed by atoms with Crippen molar-refractivity contribution >= 4 is 46.2 Å². The van der Waals surface area contributed by atoms with Gasteiger partial charge in [-0.3, -0.25) is 0 Å². The normalized spacial score (nSPS) is 10.3. The summed E-state index contributed by atoms with van der Waals surface area (Å²) in [6, 6.07) is 5.19. The number of anilines is 1. The molecule has 1 rings (SSSR count). The fourth-order valence-electron chi connectivity index (χ4n) is 1.42. The van der Waals surface area contributed by atoms with E-state index in [0.29, 0.717) is 35.0 Å². The quantitative estimate of drug-likeness (QED) is 0.563. The summed E-state index contributed by atoms with van der Waals surface area (Å²) < 4.78 is 10.2. The van der Waals surface area contributed by atoms with E-state index in [1.165, 1.54) is 0 Å². The molecule has 0 radical (unpaired) electrons. The number of halogens is 2. The van der Waals surface area contributed by atoms with Crippen molar-refractivity contribution in [1.82, 2.24) is 5.32 Å². The molecule has 0 amide bonds. The molecule has 2 N–H and O–H groups in total. The minimum Gasteiger partial charge on any atom is -0.382 e. The Kier molecular flexibility index (Phi) is 8.89. The zero-order valence-electron chi connectivity index (χ0n) is 11.2. The average molecular weight is 337 g/mol. The number of benzene rings is 1. The van der Waals surface area contributed by atoms with E-state index in [9.17, 15) is 0 Å². The summed E-state index contributed by atoms with van der Waals surface area (Å²) >= 11 is 17.0. The summed E-state index contributed by atoms with van der Waals surface area (Å²) in [6.45, 7) is 2.62. The molecule has 0 unspecified atom stereocenters. The van der Waals surface area contributed by atoms with E-state index in [0.717, 1.165) is 18.7 Å². The van der Waals surface area contributed by atoms with Crippen LogP contribution in [0.15, 0.2) is 18.2 Å². The molecule has 0 heterocycles. The van der Waals surface area contributed by atoms with Crippen LogP contribution in [0.1, 0.15) is 6.42 Å². The number of hydrogen-bond donors (Lipinski definition) is 2. The van der Waals surface area contributed by atoms with Gasteiger partial charge in [-0.25, -0.2) is 0 Å². The number of ether oxygens (including phenoxy) is 2. The molecule has 0 aromatic heterocycles. The predicted octanol–water partition coefficient (Wildman–Crippen LogP) is 3.33. The van der Waals surface area contributed by atoms with E-state index >= 15 is 0 Å². The van der Waals surface area contributed by atoms with Gasteiger partial charge >= 0.3 is 0 Å². The lowest BCUT2D eigenvalue weighted by molar-refractivity contribution is 0.0699. The Bertz CT molecular complexity index is 413. The van der Waals surface area contributed by atoms with Crippen molar-refractivity contribution in [2.75, 3.05) is 38.8 Å². The number of thiocarbonyl (C=S) groups is 1. The third kappa shape index (κ3) is 7.87. The summed E-state index contributed by atoms with van der Waals surface area (Å²) in [6.07, 6.45) is 0.863. The lowest BCUT2D eigenvalue weighted by atomic mass is 10.3. The molecule has 0 aliphatic carbocycles. The van der Waals surface area contributed by atoms with Gasteiger partial charge in [0, 0.05) is 36.0 Å². The van der Waals surface area contributed by atoms with E-state index in [-0.39, 0.29) is 0 Å². The lowest BCUT2D eigenvalue weighted by Crippen LogP contribution is -2.29. The van der Waals surface area contributed by atoms with Crippen molar-refractivity contribution in [1.29, 1.82) is 0 Å². The Morgan fingerprint density at radius 3 is 2.50 bits per heavy atom. The third-order valence-electron chi connectivity index (χ3n) is 2.30. The summed E-state index contributed by atoms with van der Waals surface area (Å²) in [4.78, 5) is 0. The van der Waals surface area contributed by atoms with Crippen molar-refractivity contribution in [2.45, 2.75) is 6.42 Å². The highest BCUT2D eigenvalue weighted by Gasteiger charge is 2.00. The van der Waals surface area contributed by atoms with Crippen molar-refractivity contribution in [3.05, 3.63) is 28.2 Å². The number of hydrogen-bond acceptors (Lipinski definition) is 3. The molecule has 1 aromatic carbocycles. The van der Waals surface area contributed by atoms with Crippen molar-refractivity contribution in [3.8, 4) is 0 Å². The molecule has 4 nitrogen and oxygen atoms in total. The molecule has 0 saturated carbocycles. The highest BCUT2D eigenvalue weighted by atomic mass is 35.5. The molecule has 20 heavy (non-hydrogen) atoms. The number of nitrogens with one attached hydrogen (secondary N) is 2. The van der Waals surface area contributed by atoms with E-state index < -0.39 is 0 Å². The van der Waals surface area contributed by atoms with Gasteiger partial charge in [-0.2, -0.15) is 0 Å². The molecular weight excluding hydrogens is 319 g/mol. The zero-order valence-corrected chi connectivity index (χ0v) is 13.6. The predicted molar refractivity (Wildman–Crippen MR) is 88.0 cm³/mol. The number of rotatable bonds is 8. The third-order valence-corrected chi connectivity index (χ3v) is 2.99. The second-order valence-electron chi connectivity index (χ2n) is 4.00. The van der Waals surface area contributed by atoms with Gasteiger partial charge in [0.2, 0.25) is 0 Å². The van der Waals surface area contributed by atoms with Crippen molar-refractivity contribution < 1.29 is 9.47 Å². The maximum absolute atomic E-state index is 5.91. The van der Waals surface area contributed by atoms with Gasteiger partial charge in [-0.05, 0) is 36.8 Å². The second kappa shape index (κ2) is 10.2. The fourth-order valence-corrected chi connectivity index (χ4v) is 2.17. The second-order valence-corrected chi connectivity index (χ2v) is 5.28. The molecular formula is C13H18Cl2N2O2S. The monoisotopic (exact) mass is 336 g/mol. The van der Waals surface area contributed by atoms with Gasteiger partial charge in [0.25, 0.3) is 0 Å². The van der Waals surface area contributed by atoms with Crippen LogP contribution in [-0.4, -0.2) is 38.6 Å². The largest absolute Gasteiger partial charge is 0.382 e. The molecule has 1 aromatic rings. The van der Waals surface area contributed by atoms with Crippen LogP contribution in [0.3, 0.4) is 0 Å². The van der Waals surface area contributed by atoms with Gasteiger partial charge < -0.3 is 20.1 Å². The van der Waals surface area contributed by atoms with Gasteiger partial charge in [-0.15, -0.1) is 0 Å². The first-order chi connectivity index (χ1) is 9.61. The van der Waals surface area contributed by atoms with Crippen molar-refractivity contribution in [3.63, 3.8) is 0 Å². The first kappa shape index (κ1) is 17.5. The molecule has 0 bridgehead atoms. The van der Waals surface area contributed by atoms with Crippen LogP contribution in [0.25, 0.3) is 0 Å². The van der Waals surface area contributed by atoms with Gasteiger partial charge in [-0.1, -0.05) is 23.2 Å². The summed E-state index contributed by atoms with van der Waals surface area (Å²) in [5.41, 5.74) is 0.761. The van der Waals surface area contributed by atoms with Crippen LogP contribution >= 0.6 is 35.4 Å². The van der Waals surface area contributed by atoms with Crippen LogP contribution in [0, 0.1) is 0 Å². The smallest absolute Gasteiger partial charge is 0.170 e. The zero-order chi connectivity index (χ0) is 14.8. The average Bonchev–Trinajstić information content (AvgIpc) is 2.36. The first-order valence-electron chi connectivity index (χ1n) is 6.19. The highest BCUT2D eigenvalue weighted by Crippen LogP contribution is 2.22. The summed E-state index contributed by atoms with van der Waals surface area (Å²) in [5, 5.41) is 7.77. The van der Waals surface area contributed by atoms with E-state index in [1.807, 2.05) is 0 Å². The van der Waals surface area contributed by atoms with Crippen molar-refractivity contribution in [2.24, 2.45) is 0 Å². The fraction of sp³-hybridized carbons (Fsp3) is 0.462. The summed E-state index contributed by atoms with van der Waals surface area (Å²) in [5.74, 6) is 0. The Morgan fingerprint density at radius 1 is 1.15 bits per heavy atom. The molecule has 0 saturated heterocycles. The Balaban J connectivity index is 2.17. The van der Waals surface area contributed by atoms with Gasteiger partial charge in [0.1, 0.15) is 0 Å². The minimum absolute atomic E-state index is 0.528. The van der Waals surface area contributed by atoms with Crippen LogP contribution < -0.4 is 10.6 Å².